The summed E-state index contributed by atoms with van der Waals surface area (Å²) < 4.78 is 13.0. The summed E-state index contributed by atoms with van der Waals surface area (Å²) in [6, 6.07) is 36.6. The van der Waals surface area contributed by atoms with E-state index in [2.05, 4.69) is 71.6 Å². The molecule has 0 amide bonds. The number of hydrogen-bond donors (Lipinski definition) is 0. The van der Waals surface area contributed by atoms with Crippen molar-refractivity contribution < 1.29 is 28.9 Å². The Morgan fingerprint density at radius 3 is 2.14 bits per heavy atom. The largest absolute Gasteiger partial charge is 0.486 e. The van der Waals surface area contributed by atoms with Crippen LogP contribution in [0.25, 0.3) is 66.9 Å². The summed E-state index contributed by atoms with van der Waals surface area (Å²) in [5.41, 5.74) is 10.2. The molecule has 0 unspecified atom stereocenters. The monoisotopic (exact) mass is 847 g/mol. The van der Waals surface area contributed by atoms with E-state index < -0.39 is 0 Å². The van der Waals surface area contributed by atoms with Crippen LogP contribution in [0.1, 0.15) is 65.5 Å². The summed E-state index contributed by atoms with van der Waals surface area (Å²) in [5.74, 6) is 0.677. The first-order valence-electron chi connectivity index (χ1n) is 17.0. The van der Waals surface area contributed by atoms with Crippen molar-refractivity contribution in [1.29, 1.82) is 0 Å². The van der Waals surface area contributed by atoms with Gasteiger partial charge >= 0.3 is 0 Å². The Kier molecular flexibility index (Phi) is 8.56. The maximum absolute atomic E-state index is 6.50. The van der Waals surface area contributed by atoms with Crippen molar-refractivity contribution >= 4 is 33.2 Å². The number of benzene rings is 3. The number of furan rings is 1. The summed E-state index contributed by atoms with van der Waals surface area (Å²) in [5, 5.41) is 1.91. The van der Waals surface area contributed by atoms with Gasteiger partial charge in [-0.15, -0.1) is 59.2 Å². The zero-order chi connectivity index (χ0) is 34.8. The minimum atomic E-state index is -0.268. The SMILES string of the molecule is CC(C)(C)c1nc2c(o1)c(-c1ccccc1)nc1oc3c[c-]c4c(c3c12)C(C)(C)C(C)(C)c1cccnc1-4.[Ir].[c-]1ccccc1-c1ccccn1. The van der Waals surface area contributed by atoms with Crippen LogP contribution in [-0.4, -0.2) is 19.9 Å². The second-order valence-electron chi connectivity index (χ2n) is 15.0. The summed E-state index contributed by atoms with van der Waals surface area (Å²) >= 11 is 0. The van der Waals surface area contributed by atoms with Crippen molar-refractivity contribution in [3.8, 4) is 33.8 Å². The summed E-state index contributed by atoms with van der Waals surface area (Å²) in [7, 11) is 0. The van der Waals surface area contributed by atoms with Gasteiger partial charge in [-0.3, -0.25) is 0 Å². The zero-order valence-electron chi connectivity index (χ0n) is 29.8. The van der Waals surface area contributed by atoms with E-state index in [-0.39, 0.29) is 36.4 Å². The molecule has 0 aliphatic heterocycles. The zero-order valence-corrected chi connectivity index (χ0v) is 32.1. The first-order chi connectivity index (χ1) is 24.0. The van der Waals surface area contributed by atoms with Gasteiger partial charge in [-0.05, 0) is 39.7 Å². The first-order valence-corrected chi connectivity index (χ1v) is 17.0. The van der Waals surface area contributed by atoms with Crippen molar-refractivity contribution in [2.75, 3.05) is 0 Å². The van der Waals surface area contributed by atoms with Gasteiger partial charge in [0.2, 0.25) is 11.6 Å². The van der Waals surface area contributed by atoms with E-state index in [0.29, 0.717) is 17.2 Å². The Labute approximate surface area is 311 Å². The van der Waals surface area contributed by atoms with Gasteiger partial charge in [0.25, 0.3) is 0 Å². The van der Waals surface area contributed by atoms with E-state index in [1.54, 1.807) is 6.20 Å². The van der Waals surface area contributed by atoms with Gasteiger partial charge in [0.15, 0.2) is 5.58 Å². The predicted octanol–water partition coefficient (Wildman–Crippen LogP) is 11.1. The van der Waals surface area contributed by atoms with Gasteiger partial charge in [0, 0.05) is 43.5 Å². The van der Waals surface area contributed by atoms with Crippen LogP contribution < -0.4 is 0 Å². The molecule has 0 saturated heterocycles. The molecule has 0 spiro atoms. The number of nitrogens with zero attached hydrogens (tertiary/aromatic N) is 4. The molecule has 51 heavy (non-hydrogen) atoms. The van der Waals surface area contributed by atoms with Crippen molar-refractivity contribution in [3.05, 3.63) is 133 Å². The van der Waals surface area contributed by atoms with E-state index in [1.807, 2.05) is 91.1 Å². The molecule has 5 aromatic heterocycles. The predicted molar refractivity (Wildman–Crippen MR) is 200 cm³/mol. The molecule has 8 aromatic rings. The van der Waals surface area contributed by atoms with Crippen LogP contribution in [0.2, 0.25) is 0 Å². The van der Waals surface area contributed by atoms with E-state index in [9.17, 15) is 0 Å². The number of aromatic nitrogens is 4. The molecular weight excluding hydrogens is 809 g/mol. The van der Waals surface area contributed by atoms with Crippen LogP contribution >= 0.6 is 0 Å². The average molecular weight is 847 g/mol. The van der Waals surface area contributed by atoms with Crippen molar-refractivity contribution in [2.45, 2.75) is 64.7 Å². The molecule has 0 N–H and O–H groups in total. The van der Waals surface area contributed by atoms with Crippen LogP contribution in [0.5, 0.6) is 0 Å². The fraction of sp³-hybridized carbons (Fsp3) is 0.227. The standard InChI is InChI=1S/C33H30N3O2.C11H8N.Ir/c1-31(2,3)30-36-27-23-22-21(37-29(23)35-25(28(27)38-30)18-12-9-8-10-13-18)16-15-19-24(22)33(6,7)32(4,5)20-14-11-17-34-26(19)20;1-2-6-10(7-3-1)11-8-4-5-9-12-11;/h8-14,16-17H,1-7H3;1-6,8-9H;/q2*-1;. The smallest absolute Gasteiger partial charge is 0.219 e. The number of hydrogen-bond acceptors (Lipinski definition) is 6. The second kappa shape index (κ2) is 12.7. The van der Waals surface area contributed by atoms with Gasteiger partial charge in [-0.25, -0.2) is 9.97 Å². The minimum Gasteiger partial charge on any atom is -0.486 e. The third-order valence-corrected chi connectivity index (χ3v) is 10.3. The molecule has 0 saturated carbocycles. The van der Waals surface area contributed by atoms with Crippen molar-refractivity contribution in [1.82, 2.24) is 19.9 Å². The van der Waals surface area contributed by atoms with Gasteiger partial charge in [0.1, 0.15) is 11.2 Å². The Hall–Kier alpha value is -4.97. The summed E-state index contributed by atoms with van der Waals surface area (Å²) in [6.45, 7) is 15.6. The molecule has 1 aliphatic carbocycles. The quantitative estimate of drug-likeness (QED) is 0.161. The molecule has 0 bridgehead atoms. The van der Waals surface area contributed by atoms with Crippen LogP contribution in [-0.2, 0) is 36.4 Å². The Bertz CT molecular complexity index is 2480. The van der Waals surface area contributed by atoms with E-state index in [4.69, 9.17) is 23.8 Å². The molecule has 1 radical (unpaired) electrons. The molecule has 5 heterocycles. The minimum absolute atomic E-state index is 0. The van der Waals surface area contributed by atoms with Gasteiger partial charge in [0.05, 0.1) is 11.0 Å². The second-order valence-corrected chi connectivity index (χ2v) is 15.0. The summed E-state index contributed by atoms with van der Waals surface area (Å²) in [6.07, 6.45) is 3.65. The van der Waals surface area contributed by atoms with Gasteiger partial charge < -0.3 is 18.8 Å². The molecule has 0 atom stereocenters. The van der Waals surface area contributed by atoms with E-state index >= 15 is 0 Å². The van der Waals surface area contributed by atoms with Gasteiger partial charge in [-0.2, -0.15) is 0 Å². The molecule has 0 fully saturated rings. The Morgan fingerprint density at radius 1 is 0.686 bits per heavy atom. The molecule has 7 heteroatoms. The first kappa shape index (κ1) is 34.5. The van der Waals surface area contributed by atoms with E-state index in [0.717, 1.165) is 55.6 Å². The number of pyridine rings is 3. The van der Waals surface area contributed by atoms with E-state index in [1.165, 1.54) is 11.1 Å². The van der Waals surface area contributed by atoms with Gasteiger partial charge in [-0.1, -0.05) is 103 Å². The molecule has 6 nitrogen and oxygen atoms in total. The number of oxazole rings is 1. The normalized spacial score (nSPS) is 14.3. The molecular formula is C44H38IrN4O2-2. The van der Waals surface area contributed by atoms with Crippen molar-refractivity contribution in [3.63, 3.8) is 0 Å². The Balaban J connectivity index is 0.000000265. The number of fused-ring (bicyclic) bond motifs is 9. The molecule has 1 aliphatic rings. The fourth-order valence-corrected chi connectivity index (χ4v) is 6.98. The Morgan fingerprint density at radius 2 is 1.43 bits per heavy atom. The molecule has 9 rings (SSSR count). The maximum atomic E-state index is 6.50. The summed E-state index contributed by atoms with van der Waals surface area (Å²) in [4.78, 5) is 19.2. The van der Waals surface area contributed by atoms with Crippen molar-refractivity contribution in [2.24, 2.45) is 0 Å². The fourth-order valence-electron chi connectivity index (χ4n) is 6.98. The maximum Gasteiger partial charge on any atom is 0.219 e. The average Bonchev–Trinajstić information content (AvgIpc) is 3.74. The molecule has 257 valence electrons. The third kappa shape index (κ3) is 5.60. The number of rotatable bonds is 2. The van der Waals surface area contributed by atoms with Crippen LogP contribution in [0.4, 0.5) is 0 Å². The topological polar surface area (TPSA) is 77.8 Å². The van der Waals surface area contributed by atoms with Crippen LogP contribution in [0, 0.1) is 12.1 Å². The van der Waals surface area contributed by atoms with Crippen LogP contribution in [0.3, 0.4) is 0 Å². The van der Waals surface area contributed by atoms with Crippen LogP contribution in [0.15, 0.2) is 112 Å². The third-order valence-electron chi connectivity index (χ3n) is 10.3. The molecule has 3 aromatic carbocycles.